The number of hydrogen-bond acceptors (Lipinski definition) is 4. The molecule has 0 aliphatic heterocycles. The van der Waals surface area contributed by atoms with Crippen molar-refractivity contribution in [1.82, 2.24) is 4.72 Å². The van der Waals surface area contributed by atoms with Crippen molar-refractivity contribution in [2.75, 3.05) is 5.75 Å². The topological polar surface area (TPSA) is 63.2 Å². The number of sulfonamides is 1. The van der Waals surface area contributed by atoms with Crippen molar-refractivity contribution in [3.8, 4) is 0 Å². The number of thioether (sulfide) groups is 1. The van der Waals surface area contributed by atoms with E-state index < -0.39 is 15.9 Å². The first-order valence-corrected chi connectivity index (χ1v) is 8.85. The Morgan fingerprint density at radius 3 is 2.48 bits per heavy atom. The van der Waals surface area contributed by atoms with Crippen LogP contribution in [0.5, 0.6) is 0 Å². The summed E-state index contributed by atoms with van der Waals surface area (Å²) in [6, 6.07) is 14.7. The Labute approximate surface area is 128 Å². The maximum atomic E-state index is 12.1. The maximum absolute atomic E-state index is 12.1. The first kappa shape index (κ1) is 15.6. The van der Waals surface area contributed by atoms with E-state index in [-0.39, 0.29) is 4.90 Å². The summed E-state index contributed by atoms with van der Waals surface area (Å²) in [5.74, 6) is 0.255. The van der Waals surface area contributed by atoms with E-state index >= 15 is 0 Å². The minimum atomic E-state index is -3.84. The molecular formula is C15H15NO3S2. The van der Waals surface area contributed by atoms with Crippen LogP contribution < -0.4 is 4.72 Å². The Kier molecular flexibility index (Phi) is 5.03. The Morgan fingerprint density at radius 1 is 1.10 bits per heavy atom. The molecule has 2 aromatic carbocycles. The molecule has 0 aliphatic carbocycles. The molecule has 0 heterocycles. The van der Waals surface area contributed by atoms with Gasteiger partial charge in [-0.2, -0.15) is 0 Å². The molecule has 0 saturated carbocycles. The van der Waals surface area contributed by atoms with Gasteiger partial charge in [0.1, 0.15) is 0 Å². The normalized spacial score (nSPS) is 11.1. The quantitative estimate of drug-likeness (QED) is 0.860. The van der Waals surface area contributed by atoms with Crippen molar-refractivity contribution in [2.24, 2.45) is 0 Å². The van der Waals surface area contributed by atoms with Crippen LogP contribution in [0.15, 0.2) is 64.4 Å². The molecule has 0 fully saturated rings. The number of carbonyl (C=O) groups is 1. The minimum Gasteiger partial charge on any atom is -0.268 e. The predicted octanol–water partition coefficient (Wildman–Crippen LogP) is 2.92. The van der Waals surface area contributed by atoms with E-state index in [4.69, 9.17) is 0 Å². The standard InChI is InChI=1S/C15H15NO3S2/c1-2-20-13-8-6-7-12(11-13)15(17)16-21(18,19)14-9-4-3-5-10-14/h3-11H,2H2,1H3,(H,16,17). The van der Waals surface area contributed by atoms with Gasteiger partial charge in [0.15, 0.2) is 0 Å². The summed E-state index contributed by atoms with van der Waals surface area (Å²) in [6.07, 6.45) is 0. The largest absolute Gasteiger partial charge is 0.268 e. The Balaban J connectivity index is 2.20. The van der Waals surface area contributed by atoms with E-state index in [1.807, 2.05) is 13.0 Å². The van der Waals surface area contributed by atoms with Crippen LogP contribution in [0.25, 0.3) is 0 Å². The van der Waals surface area contributed by atoms with Crippen molar-refractivity contribution >= 4 is 27.7 Å². The lowest BCUT2D eigenvalue weighted by Gasteiger charge is -2.07. The average Bonchev–Trinajstić information content (AvgIpc) is 2.48. The van der Waals surface area contributed by atoms with Crippen molar-refractivity contribution in [2.45, 2.75) is 16.7 Å². The Bertz CT molecular complexity index is 728. The Morgan fingerprint density at radius 2 is 1.81 bits per heavy atom. The number of carbonyl (C=O) groups excluding carboxylic acids is 1. The van der Waals surface area contributed by atoms with Crippen molar-refractivity contribution in [3.63, 3.8) is 0 Å². The Hall–Kier alpha value is -1.79. The van der Waals surface area contributed by atoms with Gasteiger partial charge in [-0.1, -0.05) is 31.2 Å². The summed E-state index contributed by atoms with van der Waals surface area (Å²) in [4.78, 5) is 13.1. The molecule has 0 unspecified atom stereocenters. The summed E-state index contributed by atoms with van der Waals surface area (Å²) in [7, 11) is -3.84. The molecule has 2 aromatic rings. The second kappa shape index (κ2) is 6.78. The highest BCUT2D eigenvalue weighted by molar-refractivity contribution is 7.99. The molecule has 6 heteroatoms. The van der Waals surface area contributed by atoms with Gasteiger partial charge < -0.3 is 0 Å². The summed E-state index contributed by atoms with van der Waals surface area (Å²) in [6.45, 7) is 2.01. The summed E-state index contributed by atoms with van der Waals surface area (Å²) < 4.78 is 26.3. The van der Waals surface area contributed by atoms with Crippen LogP contribution in [0, 0.1) is 0 Å². The predicted molar refractivity (Wildman–Crippen MR) is 83.9 cm³/mol. The zero-order chi connectivity index (χ0) is 15.3. The van der Waals surface area contributed by atoms with Gasteiger partial charge in [-0.25, -0.2) is 13.1 Å². The maximum Gasteiger partial charge on any atom is 0.265 e. The smallest absolute Gasteiger partial charge is 0.265 e. The molecule has 0 aromatic heterocycles. The molecule has 21 heavy (non-hydrogen) atoms. The van der Waals surface area contributed by atoms with Gasteiger partial charge in [-0.3, -0.25) is 4.79 Å². The lowest BCUT2D eigenvalue weighted by molar-refractivity contribution is 0.0981. The van der Waals surface area contributed by atoms with Crippen LogP contribution >= 0.6 is 11.8 Å². The van der Waals surface area contributed by atoms with Gasteiger partial charge in [0.25, 0.3) is 15.9 Å². The monoisotopic (exact) mass is 321 g/mol. The van der Waals surface area contributed by atoms with Gasteiger partial charge in [-0.15, -0.1) is 11.8 Å². The van der Waals surface area contributed by atoms with E-state index in [1.54, 1.807) is 48.2 Å². The number of rotatable bonds is 5. The van der Waals surface area contributed by atoms with Crippen molar-refractivity contribution < 1.29 is 13.2 Å². The second-order valence-corrected chi connectivity index (χ2v) is 7.23. The molecule has 0 radical (unpaired) electrons. The molecule has 1 amide bonds. The fourth-order valence-electron chi connectivity index (χ4n) is 1.73. The van der Waals surface area contributed by atoms with Gasteiger partial charge in [0, 0.05) is 10.5 Å². The zero-order valence-corrected chi connectivity index (χ0v) is 13.1. The summed E-state index contributed by atoms with van der Waals surface area (Å²) in [5.41, 5.74) is 0.327. The number of amides is 1. The first-order valence-electron chi connectivity index (χ1n) is 6.38. The summed E-state index contributed by atoms with van der Waals surface area (Å²) >= 11 is 1.59. The molecule has 1 N–H and O–H groups in total. The first-order chi connectivity index (χ1) is 10.0. The molecule has 0 saturated heterocycles. The van der Waals surface area contributed by atoms with Crippen LogP contribution in [0.2, 0.25) is 0 Å². The molecule has 0 bridgehead atoms. The van der Waals surface area contributed by atoms with Crippen LogP contribution in [-0.4, -0.2) is 20.1 Å². The van der Waals surface area contributed by atoms with E-state index in [2.05, 4.69) is 4.72 Å². The molecule has 4 nitrogen and oxygen atoms in total. The minimum absolute atomic E-state index is 0.0671. The van der Waals surface area contributed by atoms with Crippen LogP contribution in [0.1, 0.15) is 17.3 Å². The summed E-state index contributed by atoms with van der Waals surface area (Å²) in [5, 5.41) is 0. The van der Waals surface area contributed by atoms with Gasteiger partial charge in [0.2, 0.25) is 0 Å². The van der Waals surface area contributed by atoms with E-state index in [9.17, 15) is 13.2 Å². The lowest BCUT2D eigenvalue weighted by Crippen LogP contribution is -2.30. The van der Waals surface area contributed by atoms with Crippen LogP contribution in [-0.2, 0) is 10.0 Å². The lowest BCUT2D eigenvalue weighted by atomic mass is 10.2. The highest BCUT2D eigenvalue weighted by atomic mass is 32.2. The molecular weight excluding hydrogens is 306 g/mol. The molecule has 0 aliphatic rings. The van der Waals surface area contributed by atoms with E-state index in [0.717, 1.165) is 10.6 Å². The third-order valence-electron chi connectivity index (χ3n) is 2.69. The van der Waals surface area contributed by atoms with Crippen molar-refractivity contribution in [3.05, 3.63) is 60.2 Å². The number of hydrogen-bond donors (Lipinski definition) is 1. The number of nitrogens with one attached hydrogen (secondary N) is 1. The van der Waals surface area contributed by atoms with E-state index in [1.165, 1.54) is 12.1 Å². The van der Waals surface area contributed by atoms with Gasteiger partial charge in [0.05, 0.1) is 4.90 Å². The third kappa shape index (κ3) is 4.09. The fraction of sp³-hybridized carbons (Fsp3) is 0.133. The van der Waals surface area contributed by atoms with Crippen LogP contribution in [0.3, 0.4) is 0 Å². The molecule has 110 valence electrons. The number of benzene rings is 2. The second-order valence-electron chi connectivity index (χ2n) is 4.21. The van der Waals surface area contributed by atoms with Gasteiger partial charge in [-0.05, 0) is 36.1 Å². The molecule has 0 atom stereocenters. The molecule has 2 rings (SSSR count). The zero-order valence-electron chi connectivity index (χ0n) is 11.4. The average molecular weight is 321 g/mol. The highest BCUT2D eigenvalue weighted by Crippen LogP contribution is 2.19. The third-order valence-corrected chi connectivity index (χ3v) is 4.91. The van der Waals surface area contributed by atoms with E-state index in [0.29, 0.717) is 5.56 Å². The highest BCUT2D eigenvalue weighted by Gasteiger charge is 2.18. The fourth-order valence-corrected chi connectivity index (χ4v) is 3.45. The SMILES string of the molecule is CCSc1cccc(C(=O)NS(=O)(=O)c2ccccc2)c1. The van der Waals surface area contributed by atoms with Crippen LogP contribution in [0.4, 0.5) is 0 Å². The molecule has 0 spiro atoms. The van der Waals surface area contributed by atoms with Gasteiger partial charge >= 0.3 is 0 Å². The van der Waals surface area contributed by atoms with Crippen molar-refractivity contribution in [1.29, 1.82) is 0 Å².